The molecule has 0 aliphatic rings. The van der Waals surface area contributed by atoms with E-state index in [-0.39, 0.29) is 17.8 Å². The van der Waals surface area contributed by atoms with Crippen molar-refractivity contribution in [2.45, 2.75) is 13.0 Å². The molecule has 1 unspecified atom stereocenters. The summed E-state index contributed by atoms with van der Waals surface area (Å²) in [5, 5.41) is 4.95. The van der Waals surface area contributed by atoms with Crippen molar-refractivity contribution in [2.75, 3.05) is 0 Å². The van der Waals surface area contributed by atoms with Crippen LogP contribution in [0.1, 0.15) is 28.2 Å². The minimum Gasteiger partial charge on any atom is -0.437 e. The number of aromatic nitrogens is 2. The van der Waals surface area contributed by atoms with E-state index in [1.54, 1.807) is 54.2 Å². The minimum absolute atomic E-state index is 0.0750. The van der Waals surface area contributed by atoms with Gasteiger partial charge < -0.3 is 10.1 Å². The summed E-state index contributed by atoms with van der Waals surface area (Å²) < 4.78 is 5.67. The highest BCUT2D eigenvalue weighted by Crippen LogP contribution is 2.23. The van der Waals surface area contributed by atoms with Crippen molar-refractivity contribution in [2.24, 2.45) is 0 Å². The quantitative estimate of drug-likeness (QED) is 0.774. The molecule has 23 heavy (non-hydrogen) atoms. The van der Waals surface area contributed by atoms with Crippen LogP contribution in [0.4, 0.5) is 0 Å². The predicted molar refractivity (Wildman–Crippen MR) is 88.7 cm³/mol. The molecule has 0 aliphatic heterocycles. The lowest BCUT2D eigenvalue weighted by atomic mass is 10.2. The smallest absolute Gasteiger partial charge is 0.257 e. The summed E-state index contributed by atoms with van der Waals surface area (Å²) in [5.41, 5.74) is 0.389. The first-order valence-electron chi connectivity index (χ1n) is 7.11. The molecule has 3 aromatic heterocycles. The minimum atomic E-state index is -0.224. The monoisotopic (exact) mass is 325 g/mol. The van der Waals surface area contributed by atoms with E-state index in [1.807, 2.05) is 24.4 Å². The molecule has 116 valence electrons. The van der Waals surface area contributed by atoms with Crippen LogP contribution in [0, 0.1) is 0 Å². The van der Waals surface area contributed by atoms with Gasteiger partial charge in [-0.15, -0.1) is 11.3 Å². The molecule has 1 N–H and O–H groups in total. The number of hydrogen-bond donors (Lipinski definition) is 1. The Bertz CT molecular complexity index is 776. The van der Waals surface area contributed by atoms with Crippen molar-refractivity contribution >= 4 is 17.2 Å². The Balaban J connectivity index is 1.78. The van der Waals surface area contributed by atoms with Gasteiger partial charge in [0, 0.05) is 17.3 Å². The highest BCUT2D eigenvalue weighted by Gasteiger charge is 2.17. The summed E-state index contributed by atoms with van der Waals surface area (Å²) in [6, 6.07) is 10.8. The van der Waals surface area contributed by atoms with Gasteiger partial charge >= 0.3 is 0 Å². The molecule has 3 rings (SSSR count). The van der Waals surface area contributed by atoms with Gasteiger partial charge in [-0.25, -0.2) is 4.98 Å². The second-order valence-electron chi connectivity index (χ2n) is 4.86. The number of pyridine rings is 2. The van der Waals surface area contributed by atoms with Gasteiger partial charge in [0.15, 0.2) is 0 Å². The zero-order valence-electron chi connectivity index (χ0n) is 12.5. The lowest BCUT2D eigenvalue weighted by Gasteiger charge is -2.14. The molecule has 1 amide bonds. The summed E-state index contributed by atoms with van der Waals surface area (Å²) in [5.74, 6) is 0.570. The van der Waals surface area contributed by atoms with Crippen molar-refractivity contribution in [1.29, 1.82) is 0 Å². The Morgan fingerprint density at radius 1 is 1.22 bits per heavy atom. The first kappa shape index (κ1) is 15.2. The summed E-state index contributed by atoms with van der Waals surface area (Å²) in [7, 11) is 0. The van der Waals surface area contributed by atoms with Crippen LogP contribution in [-0.4, -0.2) is 15.9 Å². The number of carbonyl (C=O) groups excluding carboxylic acids is 1. The van der Waals surface area contributed by atoms with Crippen LogP contribution in [0.3, 0.4) is 0 Å². The van der Waals surface area contributed by atoms with E-state index in [0.29, 0.717) is 11.3 Å². The molecule has 0 saturated heterocycles. The van der Waals surface area contributed by atoms with Gasteiger partial charge in [0.05, 0.1) is 12.2 Å². The Hall–Kier alpha value is -2.73. The molecule has 5 nitrogen and oxygen atoms in total. The summed E-state index contributed by atoms with van der Waals surface area (Å²) >= 11 is 1.61. The first-order valence-corrected chi connectivity index (χ1v) is 7.99. The summed E-state index contributed by atoms with van der Waals surface area (Å²) in [6.07, 6.45) is 4.82. The summed E-state index contributed by atoms with van der Waals surface area (Å²) in [4.78, 5) is 21.8. The van der Waals surface area contributed by atoms with E-state index in [9.17, 15) is 4.79 Å². The fraction of sp³-hybridized carbons (Fsp3) is 0.118. The Kier molecular flexibility index (Phi) is 4.63. The van der Waals surface area contributed by atoms with Crippen LogP contribution in [0.5, 0.6) is 11.6 Å². The molecule has 3 aromatic rings. The fourth-order valence-electron chi connectivity index (χ4n) is 2.05. The highest BCUT2D eigenvalue weighted by atomic mass is 32.1. The standard InChI is InChI=1S/C17H15N3O2S/c1-12(15-7-4-10-23-15)20-16(21)14-6-3-9-19-17(14)22-13-5-2-8-18-11-13/h2-12H,1H3,(H,20,21). The van der Waals surface area contributed by atoms with Crippen molar-refractivity contribution in [3.63, 3.8) is 0 Å². The predicted octanol–water partition coefficient (Wildman–Crippen LogP) is 3.82. The lowest BCUT2D eigenvalue weighted by Crippen LogP contribution is -2.26. The van der Waals surface area contributed by atoms with Crippen LogP contribution in [0.2, 0.25) is 0 Å². The molecule has 0 fully saturated rings. The van der Waals surface area contributed by atoms with E-state index in [4.69, 9.17) is 4.74 Å². The maximum absolute atomic E-state index is 12.5. The third kappa shape index (κ3) is 3.73. The van der Waals surface area contributed by atoms with Crippen molar-refractivity contribution < 1.29 is 9.53 Å². The number of thiophene rings is 1. The molecule has 0 aliphatic carbocycles. The van der Waals surface area contributed by atoms with E-state index in [0.717, 1.165) is 4.88 Å². The summed E-state index contributed by atoms with van der Waals surface area (Å²) in [6.45, 7) is 1.95. The average molecular weight is 325 g/mol. The van der Waals surface area contributed by atoms with Crippen LogP contribution in [-0.2, 0) is 0 Å². The van der Waals surface area contributed by atoms with Gasteiger partial charge in [-0.05, 0) is 42.6 Å². The molecule has 0 spiro atoms. The largest absolute Gasteiger partial charge is 0.437 e. The van der Waals surface area contributed by atoms with Gasteiger partial charge in [0.1, 0.15) is 11.3 Å². The van der Waals surface area contributed by atoms with E-state index < -0.39 is 0 Å². The number of amides is 1. The molecular formula is C17H15N3O2S. The van der Waals surface area contributed by atoms with Gasteiger partial charge in [0.25, 0.3) is 5.91 Å². The molecule has 3 heterocycles. The highest BCUT2D eigenvalue weighted by molar-refractivity contribution is 7.10. The fourth-order valence-corrected chi connectivity index (χ4v) is 2.78. The van der Waals surface area contributed by atoms with Gasteiger partial charge in [0.2, 0.25) is 5.88 Å². The molecule has 0 bridgehead atoms. The number of nitrogens with zero attached hydrogens (tertiary/aromatic N) is 2. The van der Waals surface area contributed by atoms with E-state index in [2.05, 4.69) is 15.3 Å². The molecule has 0 aromatic carbocycles. The maximum Gasteiger partial charge on any atom is 0.257 e. The third-order valence-electron chi connectivity index (χ3n) is 3.18. The zero-order valence-corrected chi connectivity index (χ0v) is 13.3. The zero-order chi connectivity index (χ0) is 16.1. The third-order valence-corrected chi connectivity index (χ3v) is 4.24. The SMILES string of the molecule is CC(NC(=O)c1cccnc1Oc1cccnc1)c1cccs1. The molecule has 1 atom stereocenters. The molecular weight excluding hydrogens is 310 g/mol. The first-order chi connectivity index (χ1) is 11.2. The second kappa shape index (κ2) is 7.02. The Morgan fingerprint density at radius 3 is 2.83 bits per heavy atom. The second-order valence-corrected chi connectivity index (χ2v) is 5.84. The van der Waals surface area contributed by atoms with Crippen LogP contribution < -0.4 is 10.1 Å². The Labute approximate surface area is 138 Å². The topological polar surface area (TPSA) is 64.1 Å². The molecule has 0 radical (unpaired) electrons. The molecule has 0 saturated carbocycles. The molecule has 6 heteroatoms. The van der Waals surface area contributed by atoms with Gasteiger partial charge in [-0.2, -0.15) is 0 Å². The maximum atomic E-state index is 12.5. The average Bonchev–Trinajstić information content (AvgIpc) is 3.11. The number of hydrogen-bond acceptors (Lipinski definition) is 5. The van der Waals surface area contributed by atoms with Crippen molar-refractivity contribution in [3.05, 3.63) is 70.8 Å². The van der Waals surface area contributed by atoms with Crippen LogP contribution in [0.25, 0.3) is 0 Å². The van der Waals surface area contributed by atoms with Crippen molar-refractivity contribution in [1.82, 2.24) is 15.3 Å². The normalized spacial score (nSPS) is 11.7. The van der Waals surface area contributed by atoms with Crippen molar-refractivity contribution in [3.8, 4) is 11.6 Å². The van der Waals surface area contributed by atoms with Gasteiger partial charge in [-0.3, -0.25) is 9.78 Å². The van der Waals surface area contributed by atoms with Crippen LogP contribution >= 0.6 is 11.3 Å². The number of rotatable bonds is 5. The van der Waals surface area contributed by atoms with Crippen LogP contribution in [0.15, 0.2) is 60.4 Å². The number of nitrogens with one attached hydrogen (secondary N) is 1. The van der Waals surface area contributed by atoms with E-state index >= 15 is 0 Å². The van der Waals surface area contributed by atoms with Gasteiger partial charge in [-0.1, -0.05) is 6.07 Å². The lowest BCUT2D eigenvalue weighted by molar-refractivity contribution is 0.0937. The Morgan fingerprint density at radius 2 is 2.09 bits per heavy atom. The number of ether oxygens (including phenoxy) is 1. The number of carbonyl (C=O) groups is 1. The van der Waals surface area contributed by atoms with E-state index in [1.165, 1.54) is 0 Å².